The third kappa shape index (κ3) is 41.3. The number of hydrogen-bond acceptors (Lipinski definition) is 5. The summed E-state index contributed by atoms with van der Waals surface area (Å²) in [5, 5.41) is 23.7. The van der Waals surface area contributed by atoms with E-state index in [-0.39, 0.29) is 24.9 Å². The van der Waals surface area contributed by atoms with E-state index in [1.54, 1.807) is 0 Å². The van der Waals surface area contributed by atoms with E-state index in [4.69, 9.17) is 4.74 Å². The highest BCUT2D eigenvalue weighted by Gasteiger charge is 2.24. The first kappa shape index (κ1) is 56.6. The molecule has 0 bridgehead atoms. The zero-order chi connectivity index (χ0) is 42.4. The number of nitrogens with one attached hydrogen (secondary N) is 1. The van der Waals surface area contributed by atoms with Crippen molar-refractivity contribution in [2.24, 2.45) is 0 Å². The second-order valence-electron chi connectivity index (χ2n) is 17.9. The molecule has 0 heterocycles. The van der Waals surface area contributed by atoms with E-state index in [0.29, 0.717) is 19.3 Å². The summed E-state index contributed by atoms with van der Waals surface area (Å²) < 4.78 is 5.92. The minimum atomic E-state index is -0.787. The molecule has 344 valence electrons. The lowest BCUT2D eigenvalue weighted by molar-refractivity contribution is -0.151. The smallest absolute Gasteiger partial charge is 0.306 e. The SMILES string of the molecule is CCCCCCCCC/C=C\CCCC(CC(=O)NC(CO)C(O)CCCCCCCCCCCC)OC(=O)CCCCCCCCCCCCCCCCCCC. The van der Waals surface area contributed by atoms with Crippen LogP contribution in [0.1, 0.15) is 284 Å². The molecule has 3 unspecified atom stereocenters. The molecular formula is C52H101NO5. The Labute approximate surface area is 361 Å². The van der Waals surface area contributed by atoms with Crippen molar-refractivity contribution in [1.29, 1.82) is 0 Å². The second kappa shape index (κ2) is 46.7. The number of carbonyl (C=O) groups excluding carboxylic acids is 2. The third-order valence-electron chi connectivity index (χ3n) is 12.1. The number of carbonyl (C=O) groups is 2. The van der Waals surface area contributed by atoms with Gasteiger partial charge in [0.05, 0.1) is 25.2 Å². The molecule has 0 aliphatic heterocycles. The summed E-state index contributed by atoms with van der Waals surface area (Å²) in [6.45, 7) is 6.48. The van der Waals surface area contributed by atoms with Gasteiger partial charge in [0.15, 0.2) is 0 Å². The van der Waals surface area contributed by atoms with Crippen LogP contribution in [0.15, 0.2) is 12.2 Å². The van der Waals surface area contributed by atoms with Crippen LogP contribution in [0, 0.1) is 0 Å². The molecular weight excluding hydrogens is 719 g/mol. The minimum absolute atomic E-state index is 0.0635. The van der Waals surface area contributed by atoms with E-state index in [0.717, 1.165) is 57.8 Å². The summed E-state index contributed by atoms with van der Waals surface area (Å²) in [4.78, 5) is 26.1. The summed E-state index contributed by atoms with van der Waals surface area (Å²) in [5.41, 5.74) is 0. The Hall–Kier alpha value is -1.40. The van der Waals surface area contributed by atoms with Gasteiger partial charge in [0.2, 0.25) is 5.91 Å². The summed E-state index contributed by atoms with van der Waals surface area (Å²) in [5.74, 6) is -0.487. The fraction of sp³-hybridized carbons (Fsp3) is 0.923. The minimum Gasteiger partial charge on any atom is -0.462 e. The van der Waals surface area contributed by atoms with E-state index in [1.807, 2.05) is 0 Å². The van der Waals surface area contributed by atoms with E-state index >= 15 is 0 Å². The Balaban J connectivity index is 4.51. The first-order chi connectivity index (χ1) is 28.5. The normalized spacial score (nSPS) is 13.3. The van der Waals surface area contributed by atoms with Gasteiger partial charge in [-0.05, 0) is 44.9 Å². The van der Waals surface area contributed by atoms with Crippen LogP contribution >= 0.6 is 0 Å². The fourth-order valence-electron chi connectivity index (χ4n) is 8.14. The van der Waals surface area contributed by atoms with Crippen molar-refractivity contribution < 1.29 is 24.5 Å². The maximum atomic E-state index is 13.2. The topological polar surface area (TPSA) is 95.9 Å². The van der Waals surface area contributed by atoms with Gasteiger partial charge in [-0.1, -0.05) is 238 Å². The number of unbranched alkanes of at least 4 members (excludes halogenated alkanes) is 33. The number of ether oxygens (including phenoxy) is 1. The van der Waals surface area contributed by atoms with Crippen molar-refractivity contribution in [1.82, 2.24) is 5.32 Å². The lowest BCUT2D eigenvalue weighted by Gasteiger charge is -2.24. The zero-order valence-electron chi connectivity index (χ0n) is 39.2. The Kier molecular flexibility index (Phi) is 45.5. The molecule has 0 aliphatic carbocycles. The maximum absolute atomic E-state index is 13.2. The molecule has 0 fully saturated rings. The van der Waals surface area contributed by atoms with Gasteiger partial charge in [-0.3, -0.25) is 9.59 Å². The largest absolute Gasteiger partial charge is 0.462 e. The number of esters is 1. The Morgan fingerprint density at radius 3 is 1.26 bits per heavy atom. The van der Waals surface area contributed by atoms with Crippen LogP contribution in [0.3, 0.4) is 0 Å². The van der Waals surface area contributed by atoms with Gasteiger partial charge in [0.25, 0.3) is 0 Å². The fourth-order valence-corrected chi connectivity index (χ4v) is 8.14. The van der Waals surface area contributed by atoms with Gasteiger partial charge >= 0.3 is 5.97 Å². The van der Waals surface area contributed by atoms with Crippen LogP contribution in [-0.4, -0.2) is 46.9 Å². The molecule has 0 aromatic heterocycles. The molecule has 0 saturated heterocycles. The van der Waals surface area contributed by atoms with Gasteiger partial charge < -0.3 is 20.3 Å². The van der Waals surface area contributed by atoms with Crippen molar-refractivity contribution in [2.45, 2.75) is 302 Å². The average Bonchev–Trinajstić information content (AvgIpc) is 3.22. The van der Waals surface area contributed by atoms with Gasteiger partial charge in [0, 0.05) is 6.42 Å². The van der Waals surface area contributed by atoms with Crippen LogP contribution in [0.25, 0.3) is 0 Å². The van der Waals surface area contributed by atoms with E-state index < -0.39 is 18.2 Å². The molecule has 3 atom stereocenters. The predicted octanol–water partition coefficient (Wildman–Crippen LogP) is 15.3. The number of amides is 1. The lowest BCUT2D eigenvalue weighted by Crippen LogP contribution is -2.46. The molecule has 58 heavy (non-hydrogen) atoms. The summed E-state index contributed by atoms with van der Waals surface area (Å²) in [7, 11) is 0. The Bertz CT molecular complexity index is 878. The van der Waals surface area contributed by atoms with Gasteiger partial charge in [-0.25, -0.2) is 0 Å². The zero-order valence-corrected chi connectivity index (χ0v) is 39.2. The standard InChI is InChI=1S/C52H101NO5/c1-4-7-10-13-16-19-22-24-25-26-27-28-30-33-36-39-42-45-52(57)58-48(43-40-37-34-31-29-23-20-17-14-11-8-5-2)46-51(56)53-49(47-54)50(55)44-41-38-35-32-21-18-15-12-9-6-3/h31,34,48-50,54-55H,4-30,32-33,35-47H2,1-3H3,(H,53,56)/b34-31-. The molecule has 0 aliphatic rings. The van der Waals surface area contributed by atoms with Crippen molar-refractivity contribution in [3.8, 4) is 0 Å². The van der Waals surface area contributed by atoms with Crippen LogP contribution < -0.4 is 5.32 Å². The molecule has 0 rings (SSSR count). The van der Waals surface area contributed by atoms with Crippen LogP contribution in [0.4, 0.5) is 0 Å². The highest BCUT2D eigenvalue weighted by molar-refractivity contribution is 5.77. The molecule has 0 saturated carbocycles. The lowest BCUT2D eigenvalue weighted by atomic mass is 10.0. The number of allylic oxidation sites excluding steroid dienone is 2. The quantitative estimate of drug-likeness (QED) is 0.0323. The van der Waals surface area contributed by atoms with E-state index in [2.05, 4.69) is 38.2 Å². The van der Waals surface area contributed by atoms with E-state index in [9.17, 15) is 19.8 Å². The highest BCUT2D eigenvalue weighted by Crippen LogP contribution is 2.18. The predicted molar refractivity (Wildman–Crippen MR) is 250 cm³/mol. The second-order valence-corrected chi connectivity index (χ2v) is 17.9. The van der Waals surface area contributed by atoms with Gasteiger partial charge in [-0.2, -0.15) is 0 Å². The van der Waals surface area contributed by atoms with Crippen molar-refractivity contribution >= 4 is 11.9 Å². The first-order valence-electron chi connectivity index (χ1n) is 25.9. The van der Waals surface area contributed by atoms with Crippen LogP contribution in [-0.2, 0) is 14.3 Å². The van der Waals surface area contributed by atoms with Gasteiger partial charge in [0.1, 0.15) is 6.10 Å². The molecule has 0 spiro atoms. The average molecular weight is 820 g/mol. The summed E-state index contributed by atoms with van der Waals surface area (Å²) >= 11 is 0. The highest BCUT2D eigenvalue weighted by atomic mass is 16.5. The van der Waals surface area contributed by atoms with E-state index in [1.165, 1.54) is 180 Å². The van der Waals surface area contributed by atoms with Crippen LogP contribution in [0.2, 0.25) is 0 Å². The number of hydrogen-bond donors (Lipinski definition) is 3. The molecule has 3 N–H and O–H groups in total. The molecule has 6 nitrogen and oxygen atoms in total. The van der Waals surface area contributed by atoms with Crippen molar-refractivity contribution in [3.63, 3.8) is 0 Å². The first-order valence-corrected chi connectivity index (χ1v) is 25.9. The summed E-state index contributed by atoms with van der Waals surface area (Å²) in [6, 6.07) is -0.702. The summed E-state index contributed by atoms with van der Waals surface area (Å²) in [6.07, 6.45) is 51.4. The number of aliphatic hydroxyl groups is 2. The molecule has 0 radical (unpaired) electrons. The number of rotatable bonds is 47. The van der Waals surface area contributed by atoms with Gasteiger partial charge in [-0.15, -0.1) is 0 Å². The maximum Gasteiger partial charge on any atom is 0.306 e. The van der Waals surface area contributed by atoms with Crippen LogP contribution in [0.5, 0.6) is 0 Å². The Morgan fingerprint density at radius 1 is 0.483 bits per heavy atom. The van der Waals surface area contributed by atoms with Crippen molar-refractivity contribution in [3.05, 3.63) is 12.2 Å². The molecule has 0 aromatic carbocycles. The molecule has 6 heteroatoms. The van der Waals surface area contributed by atoms with Crippen molar-refractivity contribution in [2.75, 3.05) is 6.61 Å². The monoisotopic (exact) mass is 820 g/mol. The Morgan fingerprint density at radius 2 is 0.845 bits per heavy atom. The molecule has 1 amide bonds. The molecule has 0 aromatic rings. The third-order valence-corrected chi connectivity index (χ3v) is 12.1. The number of aliphatic hydroxyl groups excluding tert-OH is 2.